The second kappa shape index (κ2) is 7.30. The maximum Gasteiger partial charge on any atom is 0.358 e. The van der Waals surface area contributed by atoms with Gasteiger partial charge in [-0.1, -0.05) is 78.9 Å². The summed E-state index contributed by atoms with van der Waals surface area (Å²) in [7, 11) is 1.38. The van der Waals surface area contributed by atoms with Crippen molar-refractivity contribution in [3.63, 3.8) is 0 Å². The summed E-state index contributed by atoms with van der Waals surface area (Å²) in [6.45, 7) is 0. The minimum atomic E-state index is -0.458. The summed E-state index contributed by atoms with van der Waals surface area (Å²) in [5, 5.41) is 0. The molecule has 0 N–H and O–H groups in total. The van der Waals surface area contributed by atoms with Crippen LogP contribution in [0.3, 0.4) is 0 Å². The van der Waals surface area contributed by atoms with Crippen LogP contribution in [0.25, 0.3) is 28.3 Å². The Labute approximate surface area is 157 Å². The molecule has 27 heavy (non-hydrogen) atoms. The molecule has 0 aliphatic carbocycles. The average Bonchev–Trinajstić information content (AvgIpc) is 3.16. The van der Waals surface area contributed by atoms with Gasteiger partial charge in [0.25, 0.3) is 0 Å². The Morgan fingerprint density at radius 1 is 0.778 bits per heavy atom. The maximum atomic E-state index is 12.5. The fourth-order valence-corrected chi connectivity index (χ4v) is 3.13. The minimum Gasteiger partial charge on any atom is -0.464 e. The van der Waals surface area contributed by atoms with Crippen LogP contribution in [0.4, 0.5) is 0 Å². The van der Waals surface area contributed by atoms with Gasteiger partial charge in [0.15, 0.2) is 5.69 Å². The van der Waals surface area contributed by atoms with Crippen LogP contribution in [0.15, 0.2) is 91.0 Å². The Morgan fingerprint density at radius 3 is 1.85 bits per heavy atom. The van der Waals surface area contributed by atoms with Gasteiger partial charge in [-0.3, -0.25) is 4.57 Å². The van der Waals surface area contributed by atoms with E-state index in [0.29, 0.717) is 17.2 Å². The number of carbonyl (C=O) groups is 1. The molecular weight excluding hydrogens is 336 g/mol. The molecule has 4 nitrogen and oxygen atoms in total. The molecular formula is C23H18N2O2. The molecule has 0 aliphatic heterocycles. The number of rotatable bonds is 4. The SMILES string of the molecule is COC(=O)c1nc(-c2ccccc2)n(-c2ccccc2)c1-c1ccccc1. The van der Waals surface area contributed by atoms with Crippen molar-refractivity contribution in [1.29, 1.82) is 0 Å². The summed E-state index contributed by atoms with van der Waals surface area (Å²) in [4.78, 5) is 17.2. The van der Waals surface area contributed by atoms with Crippen LogP contribution in [-0.2, 0) is 4.74 Å². The highest BCUT2D eigenvalue weighted by Gasteiger charge is 2.25. The number of hydrogen-bond acceptors (Lipinski definition) is 3. The number of aromatic nitrogens is 2. The van der Waals surface area contributed by atoms with Crippen molar-refractivity contribution in [3.05, 3.63) is 96.7 Å². The minimum absolute atomic E-state index is 0.298. The van der Waals surface area contributed by atoms with Gasteiger partial charge < -0.3 is 4.74 Å². The van der Waals surface area contributed by atoms with Crippen LogP contribution in [0.2, 0.25) is 0 Å². The van der Waals surface area contributed by atoms with Gasteiger partial charge in [-0.2, -0.15) is 0 Å². The first-order valence-electron chi connectivity index (χ1n) is 8.67. The molecule has 0 spiro atoms. The van der Waals surface area contributed by atoms with E-state index < -0.39 is 5.97 Å². The molecule has 0 atom stereocenters. The number of benzene rings is 3. The summed E-state index contributed by atoms with van der Waals surface area (Å²) < 4.78 is 7.03. The van der Waals surface area contributed by atoms with E-state index in [-0.39, 0.29) is 0 Å². The summed E-state index contributed by atoms with van der Waals surface area (Å²) >= 11 is 0. The van der Waals surface area contributed by atoms with Crippen molar-refractivity contribution in [2.45, 2.75) is 0 Å². The van der Waals surface area contributed by atoms with E-state index in [1.54, 1.807) is 0 Å². The number of methoxy groups -OCH3 is 1. The topological polar surface area (TPSA) is 44.1 Å². The summed E-state index contributed by atoms with van der Waals surface area (Å²) in [5.74, 6) is 0.238. The molecule has 0 amide bonds. The van der Waals surface area contributed by atoms with Crippen LogP contribution in [-0.4, -0.2) is 22.6 Å². The Bertz CT molecular complexity index is 1060. The van der Waals surface area contributed by atoms with Gasteiger partial charge in [0.1, 0.15) is 5.82 Å². The fourth-order valence-electron chi connectivity index (χ4n) is 3.13. The van der Waals surface area contributed by atoms with Crippen molar-refractivity contribution in [2.75, 3.05) is 7.11 Å². The normalized spacial score (nSPS) is 10.6. The lowest BCUT2D eigenvalue weighted by atomic mass is 10.1. The largest absolute Gasteiger partial charge is 0.464 e. The highest BCUT2D eigenvalue weighted by atomic mass is 16.5. The van der Waals surface area contributed by atoms with Crippen LogP contribution in [0.1, 0.15) is 10.5 Å². The third-order valence-corrected chi connectivity index (χ3v) is 4.35. The van der Waals surface area contributed by atoms with Crippen molar-refractivity contribution in [3.8, 4) is 28.3 Å². The first-order valence-corrected chi connectivity index (χ1v) is 8.67. The molecule has 0 aliphatic rings. The zero-order chi connectivity index (χ0) is 18.6. The van der Waals surface area contributed by atoms with E-state index in [1.165, 1.54) is 7.11 Å². The van der Waals surface area contributed by atoms with Crippen molar-refractivity contribution in [1.82, 2.24) is 9.55 Å². The van der Waals surface area contributed by atoms with E-state index in [0.717, 1.165) is 16.8 Å². The van der Waals surface area contributed by atoms with E-state index >= 15 is 0 Å². The smallest absolute Gasteiger partial charge is 0.358 e. The second-order valence-electron chi connectivity index (χ2n) is 6.03. The standard InChI is InChI=1S/C23H18N2O2/c1-27-23(26)20-21(17-11-5-2-6-12-17)25(19-15-9-4-10-16-19)22(24-20)18-13-7-3-8-14-18/h2-16H,1H3. The number of esters is 1. The van der Waals surface area contributed by atoms with E-state index in [9.17, 15) is 4.79 Å². The van der Waals surface area contributed by atoms with Gasteiger partial charge in [-0.05, 0) is 12.1 Å². The molecule has 0 bridgehead atoms. The monoisotopic (exact) mass is 354 g/mol. The van der Waals surface area contributed by atoms with Crippen LogP contribution >= 0.6 is 0 Å². The lowest BCUT2D eigenvalue weighted by Gasteiger charge is -2.13. The predicted molar refractivity (Wildman–Crippen MR) is 106 cm³/mol. The highest BCUT2D eigenvalue weighted by molar-refractivity contribution is 5.96. The molecule has 0 saturated carbocycles. The second-order valence-corrected chi connectivity index (χ2v) is 6.03. The number of carbonyl (C=O) groups excluding carboxylic acids is 1. The van der Waals surface area contributed by atoms with Crippen molar-refractivity contribution < 1.29 is 9.53 Å². The molecule has 4 rings (SSSR count). The summed E-state index contributed by atoms with van der Waals surface area (Å²) in [6.07, 6.45) is 0. The molecule has 3 aromatic carbocycles. The Hall–Kier alpha value is -3.66. The maximum absolute atomic E-state index is 12.5. The third kappa shape index (κ3) is 3.13. The van der Waals surface area contributed by atoms with Gasteiger partial charge in [-0.25, -0.2) is 9.78 Å². The first-order chi connectivity index (χ1) is 13.3. The Kier molecular flexibility index (Phi) is 4.54. The van der Waals surface area contributed by atoms with Gasteiger partial charge in [0, 0.05) is 16.8 Å². The zero-order valence-corrected chi connectivity index (χ0v) is 14.9. The van der Waals surface area contributed by atoms with Crippen LogP contribution in [0.5, 0.6) is 0 Å². The van der Waals surface area contributed by atoms with Crippen LogP contribution in [0, 0.1) is 0 Å². The zero-order valence-electron chi connectivity index (χ0n) is 14.9. The average molecular weight is 354 g/mol. The Balaban J connectivity index is 2.09. The number of para-hydroxylation sites is 1. The molecule has 0 fully saturated rings. The van der Waals surface area contributed by atoms with Gasteiger partial charge in [-0.15, -0.1) is 0 Å². The molecule has 132 valence electrons. The van der Waals surface area contributed by atoms with E-state index in [4.69, 9.17) is 9.72 Å². The number of imidazole rings is 1. The van der Waals surface area contributed by atoms with Gasteiger partial charge in [0.2, 0.25) is 0 Å². The molecule has 0 radical (unpaired) electrons. The molecule has 1 heterocycles. The number of nitrogens with zero attached hydrogens (tertiary/aromatic N) is 2. The number of hydrogen-bond donors (Lipinski definition) is 0. The molecule has 4 aromatic rings. The molecule has 0 saturated heterocycles. The molecule has 0 unspecified atom stereocenters. The lowest BCUT2D eigenvalue weighted by molar-refractivity contribution is 0.0595. The van der Waals surface area contributed by atoms with Crippen molar-refractivity contribution in [2.24, 2.45) is 0 Å². The van der Waals surface area contributed by atoms with E-state index in [2.05, 4.69) is 0 Å². The summed E-state index contributed by atoms with van der Waals surface area (Å²) in [6, 6.07) is 29.5. The predicted octanol–water partition coefficient (Wildman–Crippen LogP) is 4.99. The van der Waals surface area contributed by atoms with E-state index in [1.807, 2.05) is 95.6 Å². The van der Waals surface area contributed by atoms with Crippen molar-refractivity contribution >= 4 is 5.97 Å². The number of ether oxygens (including phenoxy) is 1. The molecule has 1 aromatic heterocycles. The fraction of sp³-hybridized carbons (Fsp3) is 0.0435. The van der Waals surface area contributed by atoms with Gasteiger partial charge in [0.05, 0.1) is 12.8 Å². The summed E-state index contributed by atoms with van der Waals surface area (Å²) in [5.41, 5.74) is 3.77. The van der Waals surface area contributed by atoms with Crippen LogP contribution < -0.4 is 0 Å². The quantitative estimate of drug-likeness (QED) is 0.485. The third-order valence-electron chi connectivity index (χ3n) is 4.35. The Morgan fingerprint density at radius 2 is 1.30 bits per heavy atom. The molecule has 4 heteroatoms. The van der Waals surface area contributed by atoms with Gasteiger partial charge >= 0.3 is 5.97 Å². The highest BCUT2D eigenvalue weighted by Crippen LogP contribution is 2.33. The first kappa shape index (κ1) is 16.8. The lowest BCUT2D eigenvalue weighted by Crippen LogP contribution is -2.05.